The van der Waals surface area contributed by atoms with E-state index >= 15 is 0 Å². The standard InChI is InChI=1S/C24H43FN2O7/c1-29-9-10-30-11-12-31-13-14-32-15-16-33-24(28)19-6-4-5-18(17-19)22-26-23(34-27-22)20-7-2-3-8-21(20)25/h18-23,26-27H,2-17H2,1H3. The summed E-state index contributed by atoms with van der Waals surface area (Å²) in [6.07, 6.45) is 5.87. The zero-order valence-corrected chi connectivity index (χ0v) is 20.5. The molecule has 0 aromatic heterocycles. The van der Waals surface area contributed by atoms with Crippen molar-refractivity contribution in [2.75, 3.05) is 60.0 Å². The quantitative estimate of drug-likeness (QED) is 0.265. The fourth-order valence-corrected chi connectivity index (χ4v) is 5.04. The Kier molecular flexibility index (Phi) is 13.0. The van der Waals surface area contributed by atoms with Crippen LogP contribution in [-0.2, 0) is 33.3 Å². The molecule has 0 aromatic carbocycles. The van der Waals surface area contributed by atoms with Gasteiger partial charge in [-0.1, -0.05) is 19.3 Å². The molecule has 1 saturated heterocycles. The van der Waals surface area contributed by atoms with E-state index in [-0.39, 0.29) is 42.7 Å². The SMILES string of the molecule is COCCOCCOCCOCCOC(=O)C1CCCC(C2NOC(C3CCCCC3F)N2)C1. The van der Waals surface area contributed by atoms with Gasteiger partial charge >= 0.3 is 5.97 Å². The van der Waals surface area contributed by atoms with E-state index in [1.807, 2.05) is 0 Å². The van der Waals surface area contributed by atoms with Crippen molar-refractivity contribution < 1.29 is 37.7 Å². The van der Waals surface area contributed by atoms with Crippen LogP contribution >= 0.6 is 0 Å². The Balaban J connectivity index is 1.23. The molecule has 0 radical (unpaired) electrons. The molecule has 9 nitrogen and oxygen atoms in total. The molecule has 0 aromatic rings. The smallest absolute Gasteiger partial charge is 0.309 e. The maximum Gasteiger partial charge on any atom is 0.309 e. The van der Waals surface area contributed by atoms with Crippen molar-refractivity contribution in [1.82, 2.24) is 10.8 Å². The lowest BCUT2D eigenvalue weighted by atomic mass is 9.79. The number of carbonyl (C=O) groups is 1. The first-order valence-corrected chi connectivity index (χ1v) is 12.9. The number of rotatable bonds is 15. The first-order valence-electron chi connectivity index (χ1n) is 12.9. The zero-order chi connectivity index (χ0) is 24.0. The molecule has 3 aliphatic rings. The van der Waals surface area contributed by atoms with E-state index in [0.717, 1.165) is 44.9 Å². The number of carbonyl (C=O) groups excluding carboxylic acids is 1. The Bertz CT molecular complexity index is 573. The number of hydrogen-bond acceptors (Lipinski definition) is 9. The first kappa shape index (κ1) is 27.7. The van der Waals surface area contributed by atoms with Crippen molar-refractivity contribution in [3.8, 4) is 0 Å². The van der Waals surface area contributed by atoms with Crippen LogP contribution < -0.4 is 10.8 Å². The summed E-state index contributed by atoms with van der Waals surface area (Å²) >= 11 is 0. The summed E-state index contributed by atoms with van der Waals surface area (Å²) in [7, 11) is 1.64. The fourth-order valence-electron chi connectivity index (χ4n) is 5.04. The number of methoxy groups -OCH3 is 1. The Morgan fingerprint density at radius 2 is 1.56 bits per heavy atom. The number of ether oxygens (including phenoxy) is 5. The second kappa shape index (κ2) is 16.0. The van der Waals surface area contributed by atoms with Crippen molar-refractivity contribution in [2.45, 2.75) is 69.9 Å². The second-order valence-corrected chi connectivity index (χ2v) is 9.39. The normalized spacial score (nSPS) is 32.1. The summed E-state index contributed by atoms with van der Waals surface area (Å²) in [6, 6.07) is 0. The highest BCUT2D eigenvalue weighted by Crippen LogP contribution is 2.35. The summed E-state index contributed by atoms with van der Waals surface area (Å²) in [5, 5.41) is 3.44. The van der Waals surface area contributed by atoms with Gasteiger partial charge in [0.25, 0.3) is 0 Å². The predicted octanol–water partition coefficient (Wildman–Crippen LogP) is 2.34. The molecule has 0 amide bonds. The molecular formula is C24H43FN2O7. The minimum absolute atomic E-state index is 0.0524. The third-order valence-electron chi connectivity index (χ3n) is 6.95. The average Bonchev–Trinajstić information content (AvgIpc) is 3.35. The number of hydrogen-bond donors (Lipinski definition) is 2. The number of esters is 1. The van der Waals surface area contributed by atoms with Crippen LogP contribution in [0.25, 0.3) is 0 Å². The molecule has 3 rings (SSSR count). The molecule has 10 heteroatoms. The lowest BCUT2D eigenvalue weighted by molar-refractivity contribution is -0.152. The molecule has 0 spiro atoms. The molecule has 6 unspecified atom stereocenters. The first-order chi connectivity index (χ1) is 16.7. The van der Waals surface area contributed by atoms with E-state index < -0.39 is 6.17 Å². The monoisotopic (exact) mass is 490 g/mol. The molecule has 198 valence electrons. The van der Waals surface area contributed by atoms with Crippen molar-refractivity contribution in [1.29, 1.82) is 0 Å². The van der Waals surface area contributed by atoms with Gasteiger partial charge in [0.05, 0.1) is 58.3 Å². The minimum atomic E-state index is -0.810. The van der Waals surface area contributed by atoms with Crippen LogP contribution in [0.3, 0.4) is 0 Å². The van der Waals surface area contributed by atoms with Gasteiger partial charge in [-0.05, 0) is 38.0 Å². The van der Waals surface area contributed by atoms with Crippen LogP contribution in [0.1, 0.15) is 51.4 Å². The lowest BCUT2D eigenvalue weighted by Crippen LogP contribution is -2.46. The van der Waals surface area contributed by atoms with Gasteiger partial charge in [-0.25, -0.2) is 4.39 Å². The van der Waals surface area contributed by atoms with Crippen LogP contribution in [-0.4, -0.2) is 84.5 Å². The van der Waals surface area contributed by atoms with Gasteiger partial charge in [0.15, 0.2) is 0 Å². The lowest BCUT2D eigenvalue weighted by Gasteiger charge is -2.32. The summed E-state index contributed by atoms with van der Waals surface area (Å²) in [5.41, 5.74) is 3.07. The number of nitrogens with one attached hydrogen (secondary N) is 2. The number of hydroxylamine groups is 1. The molecule has 34 heavy (non-hydrogen) atoms. The van der Waals surface area contributed by atoms with Crippen LogP contribution in [0.4, 0.5) is 4.39 Å². The van der Waals surface area contributed by atoms with E-state index in [0.29, 0.717) is 52.7 Å². The third-order valence-corrected chi connectivity index (χ3v) is 6.95. The van der Waals surface area contributed by atoms with Gasteiger partial charge in [-0.2, -0.15) is 5.48 Å². The van der Waals surface area contributed by atoms with Gasteiger partial charge in [0.2, 0.25) is 0 Å². The van der Waals surface area contributed by atoms with Gasteiger partial charge in [0.1, 0.15) is 19.0 Å². The van der Waals surface area contributed by atoms with E-state index in [2.05, 4.69) is 10.8 Å². The highest BCUT2D eigenvalue weighted by atomic mass is 19.1. The Labute approximate surface area is 202 Å². The second-order valence-electron chi connectivity index (χ2n) is 9.39. The Morgan fingerprint density at radius 3 is 2.26 bits per heavy atom. The molecular weight excluding hydrogens is 447 g/mol. The van der Waals surface area contributed by atoms with Crippen molar-refractivity contribution in [3.63, 3.8) is 0 Å². The van der Waals surface area contributed by atoms with Gasteiger partial charge in [0, 0.05) is 13.0 Å². The Hall–Kier alpha value is -0.880. The van der Waals surface area contributed by atoms with Gasteiger partial charge < -0.3 is 23.7 Å². The summed E-state index contributed by atoms with van der Waals surface area (Å²) in [6.45, 7) is 3.69. The maximum atomic E-state index is 14.3. The maximum absolute atomic E-state index is 14.3. The molecule has 2 aliphatic carbocycles. The van der Waals surface area contributed by atoms with Crippen molar-refractivity contribution in [2.24, 2.45) is 17.8 Å². The molecule has 1 aliphatic heterocycles. The number of alkyl halides is 1. The molecule has 0 bridgehead atoms. The molecule has 2 N–H and O–H groups in total. The Morgan fingerprint density at radius 1 is 0.882 bits per heavy atom. The average molecular weight is 491 g/mol. The van der Waals surface area contributed by atoms with Crippen molar-refractivity contribution in [3.05, 3.63) is 0 Å². The summed E-state index contributed by atoms with van der Waals surface area (Å²) in [4.78, 5) is 18.3. The van der Waals surface area contributed by atoms with Crippen LogP contribution in [0, 0.1) is 17.8 Å². The predicted molar refractivity (Wildman–Crippen MR) is 123 cm³/mol. The van der Waals surface area contributed by atoms with E-state index in [1.54, 1.807) is 7.11 Å². The molecule has 1 heterocycles. The zero-order valence-electron chi connectivity index (χ0n) is 20.5. The number of halogens is 1. The van der Waals surface area contributed by atoms with E-state index in [4.69, 9.17) is 28.5 Å². The molecule has 3 fully saturated rings. The van der Waals surface area contributed by atoms with Crippen molar-refractivity contribution >= 4 is 5.97 Å². The topological polar surface area (TPSA) is 96.5 Å². The van der Waals surface area contributed by atoms with Crippen LogP contribution in [0.15, 0.2) is 0 Å². The summed E-state index contributed by atoms with van der Waals surface area (Å²) in [5.74, 6) is -0.129. The highest BCUT2D eigenvalue weighted by Gasteiger charge is 2.41. The van der Waals surface area contributed by atoms with Gasteiger partial charge in [-0.3, -0.25) is 14.9 Å². The van der Waals surface area contributed by atoms with Gasteiger partial charge in [-0.15, -0.1) is 0 Å². The molecule has 2 saturated carbocycles. The van der Waals surface area contributed by atoms with Crippen LogP contribution in [0.2, 0.25) is 0 Å². The van der Waals surface area contributed by atoms with E-state index in [9.17, 15) is 9.18 Å². The highest BCUT2D eigenvalue weighted by molar-refractivity contribution is 5.72. The fraction of sp³-hybridized carbons (Fsp3) is 0.958. The molecule has 6 atom stereocenters. The van der Waals surface area contributed by atoms with E-state index in [1.165, 1.54) is 0 Å². The summed E-state index contributed by atoms with van der Waals surface area (Å²) < 4.78 is 40.8. The minimum Gasteiger partial charge on any atom is -0.463 e. The third kappa shape index (κ3) is 9.29. The largest absolute Gasteiger partial charge is 0.463 e. The van der Waals surface area contributed by atoms with Crippen LogP contribution in [0.5, 0.6) is 0 Å².